The number of piperidine rings is 1. The highest BCUT2D eigenvalue weighted by Gasteiger charge is 2.29. The van der Waals surface area contributed by atoms with E-state index in [4.69, 9.17) is 14.2 Å². The number of fused-ring (bicyclic) bond motifs is 1. The van der Waals surface area contributed by atoms with E-state index in [9.17, 15) is 9.18 Å². The lowest BCUT2D eigenvalue weighted by molar-refractivity contribution is -0.0173. The van der Waals surface area contributed by atoms with Crippen molar-refractivity contribution in [3.63, 3.8) is 0 Å². The maximum absolute atomic E-state index is 13.9. The first kappa shape index (κ1) is 19.4. The van der Waals surface area contributed by atoms with Crippen LogP contribution in [0.3, 0.4) is 0 Å². The molecule has 2 saturated heterocycles. The molecule has 1 aromatic rings. The lowest BCUT2D eigenvalue weighted by Crippen LogP contribution is -2.53. The summed E-state index contributed by atoms with van der Waals surface area (Å²) in [6.45, 7) is 5.69. The molecule has 4 rings (SSSR count). The summed E-state index contributed by atoms with van der Waals surface area (Å²) in [5, 5.41) is 2.97. The minimum Gasteiger partial charge on any atom is -0.467 e. The Hall–Kier alpha value is -1.90. The Balaban J connectivity index is 1.39. The average Bonchev–Trinajstić information content (AvgIpc) is 2.73. The van der Waals surface area contributed by atoms with Crippen LogP contribution in [-0.4, -0.2) is 68.1 Å². The number of nitrogens with one attached hydrogen (secondary N) is 1. The molecule has 0 bridgehead atoms. The number of nitrogens with zero attached hydrogens (tertiary/aromatic N) is 2. The van der Waals surface area contributed by atoms with Gasteiger partial charge >= 0.3 is 6.03 Å². The van der Waals surface area contributed by atoms with E-state index < -0.39 is 0 Å². The molecule has 0 spiro atoms. The molecule has 0 aliphatic carbocycles. The SMILES string of the molecule is O=C(NCc1cc(F)cc2c1OCOC2)N1CCCCC1CN1CCOCC1. The maximum Gasteiger partial charge on any atom is 0.317 e. The van der Waals surface area contributed by atoms with Gasteiger partial charge in [0.05, 0.1) is 19.8 Å². The van der Waals surface area contributed by atoms with Crippen molar-refractivity contribution in [2.24, 2.45) is 0 Å². The van der Waals surface area contributed by atoms with E-state index in [1.54, 1.807) is 0 Å². The van der Waals surface area contributed by atoms with E-state index in [1.165, 1.54) is 12.1 Å². The lowest BCUT2D eigenvalue weighted by Gasteiger charge is -2.39. The van der Waals surface area contributed by atoms with Crippen LogP contribution in [0.1, 0.15) is 30.4 Å². The van der Waals surface area contributed by atoms with Crippen LogP contribution >= 0.6 is 0 Å². The fourth-order valence-corrected chi connectivity index (χ4v) is 4.20. The molecular weight excluding hydrogens is 365 g/mol. The maximum atomic E-state index is 13.9. The van der Waals surface area contributed by atoms with Crippen LogP contribution in [0.25, 0.3) is 0 Å². The van der Waals surface area contributed by atoms with E-state index in [1.807, 2.05) is 4.90 Å². The topological polar surface area (TPSA) is 63.3 Å². The van der Waals surface area contributed by atoms with Crippen LogP contribution in [0.5, 0.6) is 5.75 Å². The Morgan fingerprint density at radius 1 is 1.18 bits per heavy atom. The second kappa shape index (κ2) is 9.07. The summed E-state index contributed by atoms with van der Waals surface area (Å²) < 4.78 is 30.1. The van der Waals surface area contributed by atoms with Crippen molar-refractivity contribution in [1.82, 2.24) is 15.1 Å². The van der Waals surface area contributed by atoms with Crippen molar-refractivity contribution in [1.29, 1.82) is 0 Å². The van der Waals surface area contributed by atoms with Gasteiger partial charge in [0, 0.05) is 49.9 Å². The highest BCUT2D eigenvalue weighted by Crippen LogP contribution is 2.29. The van der Waals surface area contributed by atoms with Gasteiger partial charge in [-0.3, -0.25) is 4.90 Å². The van der Waals surface area contributed by atoms with Crippen LogP contribution in [0.15, 0.2) is 12.1 Å². The molecule has 1 N–H and O–H groups in total. The van der Waals surface area contributed by atoms with E-state index >= 15 is 0 Å². The Bertz CT molecular complexity index is 696. The van der Waals surface area contributed by atoms with E-state index in [2.05, 4.69) is 10.2 Å². The third kappa shape index (κ3) is 4.56. The largest absolute Gasteiger partial charge is 0.467 e. The molecule has 0 radical (unpaired) electrons. The molecule has 1 atom stereocenters. The smallest absolute Gasteiger partial charge is 0.317 e. The number of hydrogen-bond donors (Lipinski definition) is 1. The summed E-state index contributed by atoms with van der Waals surface area (Å²) >= 11 is 0. The van der Waals surface area contributed by atoms with Crippen molar-refractivity contribution < 1.29 is 23.4 Å². The summed E-state index contributed by atoms with van der Waals surface area (Å²) in [6, 6.07) is 2.95. The molecule has 3 heterocycles. The number of hydrogen-bond acceptors (Lipinski definition) is 5. The summed E-state index contributed by atoms with van der Waals surface area (Å²) in [7, 11) is 0. The highest BCUT2D eigenvalue weighted by atomic mass is 19.1. The fraction of sp³-hybridized carbons (Fsp3) is 0.650. The Morgan fingerprint density at radius 3 is 2.89 bits per heavy atom. The Kier molecular flexibility index (Phi) is 6.29. The molecule has 2 fully saturated rings. The van der Waals surface area contributed by atoms with Crippen LogP contribution in [-0.2, 0) is 22.6 Å². The van der Waals surface area contributed by atoms with E-state index in [-0.39, 0.29) is 31.2 Å². The molecule has 8 heteroatoms. The van der Waals surface area contributed by atoms with Gasteiger partial charge in [0.1, 0.15) is 11.6 Å². The monoisotopic (exact) mass is 393 g/mol. The Morgan fingerprint density at radius 2 is 2.04 bits per heavy atom. The minimum atomic E-state index is -0.347. The zero-order chi connectivity index (χ0) is 19.3. The first-order valence-electron chi connectivity index (χ1n) is 10.1. The fourth-order valence-electron chi connectivity index (χ4n) is 4.20. The van der Waals surface area contributed by atoms with Crippen LogP contribution in [0.4, 0.5) is 9.18 Å². The van der Waals surface area contributed by atoms with Gasteiger partial charge in [-0.05, 0) is 31.4 Å². The van der Waals surface area contributed by atoms with Gasteiger partial charge in [-0.15, -0.1) is 0 Å². The van der Waals surface area contributed by atoms with Gasteiger partial charge in [-0.1, -0.05) is 0 Å². The Labute approximate surface area is 164 Å². The second-order valence-corrected chi connectivity index (χ2v) is 7.58. The van der Waals surface area contributed by atoms with Gasteiger partial charge in [0.15, 0.2) is 6.79 Å². The van der Waals surface area contributed by atoms with Crippen molar-refractivity contribution in [2.45, 2.75) is 38.5 Å². The van der Waals surface area contributed by atoms with Gasteiger partial charge in [0.25, 0.3) is 0 Å². The molecule has 154 valence electrons. The number of likely N-dealkylation sites (tertiary alicyclic amines) is 1. The normalized spacial score (nSPS) is 23.0. The third-order valence-corrected chi connectivity index (χ3v) is 5.64. The minimum absolute atomic E-state index is 0.0944. The first-order valence-corrected chi connectivity index (χ1v) is 10.1. The standard InChI is InChI=1S/C20H28FN3O4/c21-17-9-15(19-16(10-17)13-27-14-28-19)11-22-20(25)24-4-2-1-3-18(24)12-23-5-7-26-8-6-23/h9-10,18H,1-8,11-14H2,(H,22,25). The van der Waals surface area contributed by atoms with Crippen LogP contribution in [0.2, 0.25) is 0 Å². The average molecular weight is 393 g/mol. The van der Waals surface area contributed by atoms with Gasteiger partial charge < -0.3 is 24.4 Å². The zero-order valence-corrected chi connectivity index (χ0v) is 16.1. The van der Waals surface area contributed by atoms with Crippen molar-refractivity contribution >= 4 is 6.03 Å². The van der Waals surface area contributed by atoms with Crippen LogP contribution < -0.4 is 10.1 Å². The molecule has 0 aromatic heterocycles. The second-order valence-electron chi connectivity index (χ2n) is 7.58. The number of morpholine rings is 1. The number of carbonyl (C=O) groups is 1. The molecule has 3 aliphatic heterocycles. The number of carbonyl (C=O) groups excluding carboxylic acids is 1. The molecule has 3 aliphatic rings. The lowest BCUT2D eigenvalue weighted by atomic mass is 10.0. The molecule has 1 aromatic carbocycles. The van der Waals surface area contributed by atoms with Crippen molar-refractivity contribution in [2.75, 3.05) is 46.2 Å². The van der Waals surface area contributed by atoms with Crippen molar-refractivity contribution in [3.8, 4) is 5.75 Å². The molecule has 7 nitrogen and oxygen atoms in total. The zero-order valence-electron chi connectivity index (χ0n) is 16.1. The summed E-state index contributed by atoms with van der Waals surface area (Å²) in [5.41, 5.74) is 1.33. The third-order valence-electron chi connectivity index (χ3n) is 5.64. The number of amides is 2. The van der Waals surface area contributed by atoms with E-state index in [0.29, 0.717) is 23.5 Å². The molecular formula is C20H28FN3O4. The van der Waals surface area contributed by atoms with Crippen LogP contribution in [0, 0.1) is 5.82 Å². The van der Waals surface area contributed by atoms with Gasteiger partial charge in [0.2, 0.25) is 0 Å². The number of ether oxygens (including phenoxy) is 3. The predicted octanol–water partition coefficient (Wildman–Crippen LogP) is 2.09. The number of benzene rings is 1. The molecule has 1 unspecified atom stereocenters. The van der Waals surface area contributed by atoms with Gasteiger partial charge in [-0.2, -0.15) is 0 Å². The number of rotatable bonds is 4. The molecule has 2 amide bonds. The number of urea groups is 1. The van der Waals surface area contributed by atoms with Crippen molar-refractivity contribution in [3.05, 3.63) is 29.1 Å². The highest BCUT2D eigenvalue weighted by molar-refractivity contribution is 5.74. The molecule has 0 saturated carbocycles. The molecule has 28 heavy (non-hydrogen) atoms. The quantitative estimate of drug-likeness (QED) is 0.849. The first-order chi connectivity index (χ1) is 13.7. The van der Waals surface area contributed by atoms with Gasteiger partial charge in [-0.25, -0.2) is 9.18 Å². The number of halogens is 1. The summed E-state index contributed by atoms with van der Waals surface area (Å²) in [4.78, 5) is 17.2. The summed E-state index contributed by atoms with van der Waals surface area (Å²) in [5.74, 6) is 0.275. The van der Waals surface area contributed by atoms with E-state index in [0.717, 1.165) is 58.7 Å². The predicted molar refractivity (Wildman–Crippen MR) is 101 cm³/mol. The summed E-state index contributed by atoms with van der Waals surface area (Å²) in [6.07, 6.45) is 3.17.